The Morgan fingerprint density at radius 2 is 2.31 bits per heavy atom. The van der Waals surface area contributed by atoms with Crippen molar-refractivity contribution in [2.24, 2.45) is 0 Å². The summed E-state index contributed by atoms with van der Waals surface area (Å²) in [6.45, 7) is 2.29. The molecule has 6 nitrogen and oxygen atoms in total. The van der Waals surface area contributed by atoms with Gasteiger partial charge in [0.1, 0.15) is 11.4 Å². The van der Waals surface area contributed by atoms with Gasteiger partial charge in [0.25, 0.3) is 5.69 Å². The standard InChI is InChI=1S/C10H14N2O4/c1-7(6-16-2)11-9-4-3-8(13)5-10(9)12(14)15/h3-5,7,11,13H,6H2,1-2H3/t7-/m0/s1. The molecule has 0 fully saturated rings. The number of hydrogen-bond acceptors (Lipinski definition) is 5. The third kappa shape index (κ3) is 3.09. The van der Waals surface area contributed by atoms with Crippen LogP contribution in [0.1, 0.15) is 6.92 Å². The first-order valence-corrected chi connectivity index (χ1v) is 4.77. The van der Waals surface area contributed by atoms with Gasteiger partial charge in [-0.2, -0.15) is 0 Å². The Kier molecular flexibility index (Phi) is 4.07. The van der Waals surface area contributed by atoms with Gasteiger partial charge in [0.2, 0.25) is 0 Å². The van der Waals surface area contributed by atoms with E-state index in [4.69, 9.17) is 9.84 Å². The second-order valence-electron chi connectivity index (χ2n) is 3.46. The molecule has 0 unspecified atom stereocenters. The van der Waals surface area contributed by atoms with Crippen molar-refractivity contribution in [2.45, 2.75) is 13.0 Å². The molecular weight excluding hydrogens is 212 g/mol. The third-order valence-corrected chi connectivity index (χ3v) is 2.00. The van der Waals surface area contributed by atoms with Gasteiger partial charge < -0.3 is 15.2 Å². The summed E-state index contributed by atoms with van der Waals surface area (Å²) in [5.74, 6) is -0.128. The van der Waals surface area contributed by atoms with E-state index in [1.54, 1.807) is 7.11 Å². The number of aromatic hydroxyl groups is 1. The molecule has 0 aromatic heterocycles. The predicted octanol–water partition coefficient (Wildman–Crippen LogP) is 1.75. The third-order valence-electron chi connectivity index (χ3n) is 2.00. The number of hydrogen-bond donors (Lipinski definition) is 2. The smallest absolute Gasteiger partial charge is 0.296 e. The van der Waals surface area contributed by atoms with E-state index in [2.05, 4.69) is 5.32 Å². The lowest BCUT2D eigenvalue weighted by Gasteiger charge is -2.14. The molecule has 0 saturated heterocycles. The summed E-state index contributed by atoms with van der Waals surface area (Å²) in [5, 5.41) is 22.8. The van der Waals surface area contributed by atoms with E-state index in [9.17, 15) is 10.1 Å². The zero-order valence-corrected chi connectivity index (χ0v) is 9.14. The topological polar surface area (TPSA) is 84.6 Å². The van der Waals surface area contributed by atoms with Crippen LogP contribution in [0.5, 0.6) is 5.75 Å². The second kappa shape index (κ2) is 5.32. The quantitative estimate of drug-likeness (QED) is 0.454. The summed E-state index contributed by atoms with van der Waals surface area (Å²) in [6.07, 6.45) is 0. The molecule has 2 N–H and O–H groups in total. The maximum absolute atomic E-state index is 10.7. The average molecular weight is 226 g/mol. The summed E-state index contributed by atoms with van der Waals surface area (Å²) in [4.78, 5) is 10.2. The summed E-state index contributed by atoms with van der Waals surface area (Å²) < 4.78 is 4.92. The van der Waals surface area contributed by atoms with Gasteiger partial charge in [0, 0.05) is 13.2 Å². The summed E-state index contributed by atoms with van der Waals surface area (Å²) in [7, 11) is 1.56. The van der Waals surface area contributed by atoms with Crippen molar-refractivity contribution < 1.29 is 14.8 Å². The van der Waals surface area contributed by atoms with Crippen LogP contribution in [0.4, 0.5) is 11.4 Å². The number of phenols is 1. The summed E-state index contributed by atoms with van der Waals surface area (Å²) >= 11 is 0. The average Bonchev–Trinajstić information content (AvgIpc) is 2.20. The highest BCUT2D eigenvalue weighted by molar-refractivity contribution is 5.64. The molecule has 1 aromatic carbocycles. The van der Waals surface area contributed by atoms with E-state index in [-0.39, 0.29) is 17.5 Å². The van der Waals surface area contributed by atoms with Crippen LogP contribution in [0.25, 0.3) is 0 Å². The van der Waals surface area contributed by atoms with Crippen LogP contribution in [0.2, 0.25) is 0 Å². The van der Waals surface area contributed by atoms with Crippen molar-refractivity contribution >= 4 is 11.4 Å². The number of ether oxygens (including phenoxy) is 1. The number of anilines is 1. The number of nitro groups is 1. The fraction of sp³-hybridized carbons (Fsp3) is 0.400. The maximum atomic E-state index is 10.7. The lowest BCUT2D eigenvalue weighted by Crippen LogP contribution is -2.21. The first kappa shape index (κ1) is 12.3. The molecule has 6 heteroatoms. The minimum absolute atomic E-state index is 0.0479. The van der Waals surface area contributed by atoms with Gasteiger partial charge in [-0.15, -0.1) is 0 Å². The SMILES string of the molecule is COC[C@H](C)Nc1ccc(O)cc1[N+](=O)[O-]. The zero-order chi connectivity index (χ0) is 12.1. The van der Waals surface area contributed by atoms with E-state index in [1.807, 2.05) is 6.92 Å². The molecule has 88 valence electrons. The molecule has 0 heterocycles. The van der Waals surface area contributed by atoms with Crippen LogP contribution in [-0.2, 0) is 4.74 Å². The highest BCUT2D eigenvalue weighted by Gasteiger charge is 2.15. The maximum Gasteiger partial charge on any atom is 0.296 e. The van der Waals surface area contributed by atoms with Gasteiger partial charge in [0.05, 0.1) is 17.6 Å². The number of nitrogens with zero attached hydrogens (tertiary/aromatic N) is 1. The highest BCUT2D eigenvalue weighted by atomic mass is 16.6. The molecule has 1 rings (SSSR count). The minimum atomic E-state index is -0.540. The monoisotopic (exact) mass is 226 g/mol. The Morgan fingerprint density at radius 3 is 2.88 bits per heavy atom. The number of nitro benzene ring substituents is 1. The van der Waals surface area contributed by atoms with Gasteiger partial charge in [-0.3, -0.25) is 10.1 Å². The molecule has 16 heavy (non-hydrogen) atoms. The largest absolute Gasteiger partial charge is 0.508 e. The molecule has 0 aliphatic carbocycles. The Bertz CT molecular complexity index is 381. The van der Waals surface area contributed by atoms with Crippen LogP contribution in [-0.4, -0.2) is 29.8 Å². The summed E-state index contributed by atoms with van der Waals surface area (Å²) in [6, 6.07) is 3.93. The van der Waals surface area contributed by atoms with E-state index in [0.717, 1.165) is 6.07 Å². The van der Waals surface area contributed by atoms with Gasteiger partial charge in [-0.05, 0) is 19.1 Å². The Labute approximate surface area is 93.0 Å². The molecule has 0 bridgehead atoms. The first-order chi connectivity index (χ1) is 7.54. The Hall–Kier alpha value is -1.82. The highest BCUT2D eigenvalue weighted by Crippen LogP contribution is 2.28. The van der Waals surface area contributed by atoms with Gasteiger partial charge in [0.15, 0.2) is 0 Å². The van der Waals surface area contributed by atoms with Crippen LogP contribution < -0.4 is 5.32 Å². The molecule has 0 saturated carbocycles. The van der Waals surface area contributed by atoms with E-state index >= 15 is 0 Å². The van der Waals surface area contributed by atoms with E-state index in [1.165, 1.54) is 12.1 Å². The van der Waals surface area contributed by atoms with Gasteiger partial charge in [-0.25, -0.2) is 0 Å². The van der Waals surface area contributed by atoms with E-state index < -0.39 is 4.92 Å². The van der Waals surface area contributed by atoms with Crippen LogP contribution >= 0.6 is 0 Å². The predicted molar refractivity (Wildman–Crippen MR) is 59.7 cm³/mol. The Balaban J connectivity index is 2.90. The number of nitrogens with one attached hydrogen (secondary N) is 1. The molecule has 0 amide bonds. The fourth-order valence-corrected chi connectivity index (χ4v) is 1.35. The molecule has 1 atom stereocenters. The lowest BCUT2D eigenvalue weighted by atomic mass is 10.2. The minimum Gasteiger partial charge on any atom is -0.508 e. The Morgan fingerprint density at radius 1 is 1.62 bits per heavy atom. The van der Waals surface area contributed by atoms with Gasteiger partial charge >= 0.3 is 0 Å². The second-order valence-corrected chi connectivity index (χ2v) is 3.46. The molecular formula is C10H14N2O4. The van der Waals surface area contributed by atoms with Crippen molar-refractivity contribution in [3.05, 3.63) is 28.3 Å². The number of benzene rings is 1. The molecule has 0 spiro atoms. The molecule has 0 aliphatic heterocycles. The number of phenolic OH excluding ortho intramolecular Hbond substituents is 1. The van der Waals surface area contributed by atoms with Gasteiger partial charge in [-0.1, -0.05) is 0 Å². The number of rotatable bonds is 5. The normalized spacial score (nSPS) is 12.1. The molecule has 0 radical (unpaired) electrons. The summed E-state index contributed by atoms with van der Waals surface area (Å²) in [5.41, 5.74) is 0.218. The first-order valence-electron chi connectivity index (χ1n) is 4.77. The van der Waals surface area contributed by atoms with Crippen molar-refractivity contribution in [2.75, 3.05) is 19.0 Å². The van der Waals surface area contributed by atoms with E-state index in [0.29, 0.717) is 12.3 Å². The lowest BCUT2D eigenvalue weighted by molar-refractivity contribution is -0.384. The van der Waals surface area contributed by atoms with Crippen LogP contribution in [0, 0.1) is 10.1 Å². The van der Waals surface area contributed by atoms with Crippen molar-refractivity contribution in [1.82, 2.24) is 0 Å². The van der Waals surface area contributed by atoms with Crippen molar-refractivity contribution in [3.63, 3.8) is 0 Å². The number of methoxy groups -OCH3 is 1. The molecule has 1 aromatic rings. The fourth-order valence-electron chi connectivity index (χ4n) is 1.35. The molecule has 0 aliphatic rings. The van der Waals surface area contributed by atoms with Crippen molar-refractivity contribution in [1.29, 1.82) is 0 Å². The van der Waals surface area contributed by atoms with Crippen LogP contribution in [0.3, 0.4) is 0 Å². The zero-order valence-electron chi connectivity index (χ0n) is 9.14. The van der Waals surface area contributed by atoms with Crippen LogP contribution in [0.15, 0.2) is 18.2 Å². The van der Waals surface area contributed by atoms with Crippen molar-refractivity contribution in [3.8, 4) is 5.75 Å².